The van der Waals surface area contributed by atoms with Crippen LogP contribution in [0.1, 0.15) is 38.7 Å². The van der Waals surface area contributed by atoms with Gasteiger partial charge in [-0.15, -0.1) is 0 Å². The summed E-state index contributed by atoms with van der Waals surface area (Å²) in [4.78, 5) is 7.00. The van der Waals surface area contributed by atoms with E-state index in [1.54, 1.807) is 14.2 Å². The Kier molecular flexibility index (Phi) is 8.72. The van der Waals surface area contributed by atoms with Gasteiger partial charge in [-0.25, -0.2) is 0 Å². The number of benzene rings is 1. The molecule has 1 saturated heterocycles. The lowest BCUT2D eigenvalue weighted by Crippen LogP contribution is -2.46. The number of ether oxygens (including phenoxy) is 2. The molecule has 0 bridgehead atoms. The highest BCUT2D eigenvalue weighted by Crippen LogP contribution is 2.24. The van der Waals surface area contributed by atoms with E-state index in [1.165, 1.54) is 32.4 Å². The van der Waals surface area contributed by atoms with E-state index in [0.717, 1.165) is 29.6 Å². The predicted molar refractivity (Wildman–Crippen MR) is 112 cm³/mol. The fourth-order valence-electron chi connectivity index (χ4n) is 3.62. The second kappa shape index (κ2) is 11.0. The summed E-state index contributed by atoms with van der Waals surface area (Å²) in [6.07, 6.45) is 3.84. The molecule has 1 aromatic rings. The molecule has 0 saturated carbocycles. The van der Waals surface area contributed by atoms with Crippen LogP contribution in [-0.4, -0.2) is 57.8 Å². The first kappa shape index (κ1) is 21.4. The van der Waals surface area contributed by atoms with Gasteiger partial charge in [0.25, 0.3) is 0 Å². The zero-order valence-electron chi connectivity index (χ0n) is 17.5. The molecule has 0 aromatic heterocycles. The van der Waals surface area contributed by atoms with Gasteiger partial charge >= 0.3 is 0 Å². The molecule has 2 N–H and O–H groups in total. The van der Waals surface area contributed by atoms with Crippen molar-refractivity contribution in [3.8, 4) is 11.5 Å². The van der Waals surface area contributed by atoms with Gasteiger partial charge in [0.15, 0.2) is 5.96 Å². The SMILES string of the molecule is CN=C(NCc1ccc(OC)cc1OC)NCC(CC(C)C)N1CCCC1. The smallest absolute Gasteiger partial charge is 0.191 e. The minimum absolute atomic E-state index is 0.557. The Labute approximate surface area is 164 Å². The average molecular weight is 377 g/mol. The van der Waals surface area contributed by atoms with E-state index in [1.807, 2.05) is 25.2 Å². The number of hydrogen-bond acceptors (Lipinski definition) is 4. The number of rotatable bonds is 9. The first-order valence-electron chi connectivity index (χ1n) is 9.96. The predicted octanol–water partition coefficient (Wildman–Crippen LogP) is 2.88. The molecule has 6 heteroatoms. The summed E-state index contributed by atoms with van der Waals surface area (Å²) in [6, 6.07) is 6.42. The molecule has 0 radical (unpaired) electrons. The fraction of sp³-hybridized carbons (Fsp3) is 0.667. The van der Waals surface area contributed by atoms with E-state index in [4.69, 9.17) is 9.47 Å². The highest BCUT2D eigenvalue weighted by atomic mass is 16.5. The van der Waals surface area contributed by atoms with Crippen molar-refractivity contribution in [2.45, 2.75) is 45.7 Å². The molecular weight excluding hydrogens is 340 g/mol. The highest BCUT2D eigenvalue weighted by Gasteiger charge is 2.22. The van der Waals surface area contributed by atoms with Gasteiger partial charge in [0.2, 0.25) is 0 Å². The Hall–Kier alpha value is -1.95. The molecule has 0 amide bonds. The van der Waals surface area contributed by atoms with Crippen molar-refractivity contribution < 1.29 is 9.47 Å². The van der Waals surface area contributed by atoms with E-state index < -0.39 is 0 Å². The van der Waals surface area contributed by atoms with Gasteiger partial charge in [-0.2, -0.15) is 0 Å². The van der Waals surface area contributed by atoms with Gasteiger partial charge in [-0.1, -0.05) is 13.8 Å². The number of guanidine groups is 1. The molecule has 0 spiro atoms. The molecule has 2 rings (SSSR count). The zero-order valence-corrected chi connectivity index (χ0v) is 17.5. The highest BCUT2D eigenvalue weighted by molar-refractivity contribution is 5.79. The molecule has 6 nitrogen and oxygen atoms in total. The third-order valence-corrected chi connectivity index (χ3v) is 5.07. The second-order valence-electron chi connectivity index (χ2n) is 7.51. The van der Waals surface area contributed by atoms with Crippen LogP contribution in [0.3, 0.4) is 0 Å². The van der Waals surface area contributed by atoms with E-state index >= 15 is 0 Å². The van der Waals surface area contributed by atoms with E-state index in [-0.39, 0.29) is 0 Å². The van der Waals surface area contributed by atoms with E-state index in [2.05, 4.69) is 34.4 Å². The fourth-order valence-corrected chi connectivity index (χ4v) is 3.62. The second-order valence-corrected chi connectivity index (χ2v) is 7.51. The summed E-state index contributed by atoms with van der Waals surface area (Å²) in [5.41, 5.74) is 1.07. The molecule has 1 heterocycles. The summed E-state index contributed by atoms with van der Waals surface area (Å²) in [6.45, 7) is 8.59. The van der Waals surface area contributed by atoms with Gasteiger partial charge in [0.1, 0.15) is 11.5 Å². The Morgan fingerprint density at radius 1 is 1.15 bits per heavy atom. The molecule has 152 valence electrons. The molecular formula is C21H36N4O2. The lowest BCUT2D eigenvalue weighted by atomic mass is 10.0. The summed E-state index contributed by atoms with van der Waals surface area (Å²) >= 11 is 0. The van der Waals surface area contributed by atoms with Crippen molar-refractivity contribution >= 4 is 5.96 Å². The minimum Gasteiger partial charge on any atom is -0.497 e. The van der Waals surface area contributed by atoms with Crippen molar-refractivity contribution in [3.05, 3.63) is 23.8 Å². The Balaban J connectivity index is 1.91. The first-order chi connectivity index (χ1) is 13.1. The number of likely N-dealkylation sites (tertiary alicyclic amines) is 1. The van der Waals surface area contributed by atoms with Gasteiger partial charge in [0.05, 0.1) is 14.2 Å². The summed E-state index contributed by atoms with van der Waals surface area (Å²) in [5.74, 6) is 3.11. The summed E-state index contributed by atoms with van der Waals surface area (Å²) < 4.78 is 10.7. The number of aliphatic imine (C=N–C) groups is 1. The first-order valence-corrected chi connectivity index (χ1v) is 9.96. The topological polar surface area (TPSA) is 58.1 Å². The quantitative estimate of drug-likeness (QED) is 0.513. The van der Waals surface area contributed by atoms with Crippen molar-refractivity contribution in [1.29, 1.82) is 0 Å². The van der Waals surface area contributed by atoms with E-state index in [9.17, 15) is 0 Å². The Morgan fingerprint density at radius 3 is 2.48 bits per heavy atom. The van der Waals surface area contributed by atoms with Crippen molar-refractivity contribution in [1.82, 2.24) is 15.5 Å². The third-order valence-electron chi connectivity index (χ3n) is 5.07. The van der Waals surface area contributed by atoms with Gasteiger partial charge in [0, 0.05) is 37.8 Å². The maximum atomic E-state index is 5.48. The van der Waals surface area contributed by atoms with Crippen LogP contribution in [0, 0.1) is 5.92 Å². The van der Waals surface area contributed by atoms with Crippen LogP contribution in [0.15, 0.2) is 23.2 Å². The molecule has 1 aliphatic rings. The van der Waals surface area contributed by atoms with Crippen LogP contribution in [0.2, 0.25) is 0 Å². The van der Waals surface area contributed by atoms with Crippen LogP contribution in [0.4, 0.5) is 0 Å². The Bertz CT molecular complexity index is 598. The Morgan fingerprint density at radius 2 is 1.89 bits per heavy atom. The van der Waals surface area contributed by atoms with Crippen LogP contribution in [0.25, 0.3) is 0 Å². The van der Waals surface area contributed by atoms with Crippen molar-refractivity contribution in [2.75, 3.05) is 40.9 Å². The molecule has 1 fully saturated rings. The lowest BCUT2D eigenvalue weighted by molar-refractivity contribution is 0.213. The van der Waals surface area contributed by atoms with Gasteiger partial charge < -0.3 is 20.1 Å². The standard InChI is InChI=1S/C21H36N4O2/c1-16(2)12-18(25-10-6-7-11-25)15-24-21(22-3)23-14-17-8-9-19(26-4)13-20(17)27-5/h8-9,13,16,18H,6-7,10-12,14-15H2,1-5H3,(H2,22,23,24). The monoisotopic (exact) mass is 376 g/mol. The summed E-state index contributed by atoms with van der Waals surface area (Å²) in [5, 5.41) is 6.91. The molecule has 27 heavy (non-hydrogen) atoms. The normalized spacial score (nSPS) is 16.4. The van der Waals surface area contributed by atoms with Crippen LogP contribution in [0.5, 0.6) is 11.5 Å². The van der Waals surface area contributed by atoms with Crippen LogP contribution < -0.4 is 20.1 Å². The number of hydrogen-bond donors (Lipinski definition) is 2. The largest absolute Gasteiger partial charge is 0.497 e. The molecule has 1 atom stereocenters. The third kappa shape index (κ3) is 6.61. The van der Waals surface area contributed by atoms with Crippen molar-refractivity contribution in [2.24, 2.45) is 10.9 Å². The molecule has 1 aromatic carbocycles. The maximum absolute atomic E-state index is 5.48. The average Bonchev–Trinajstić information content (AvgIpc) is 3.21. The van der Waals surface area contributed by atoms with Crippen LogP contribution in [-0.2, 0) is 6.54 Å². The van der Waals surface area contributed by atoms with Crippen molar-refractivity contribution in [3.63, 3.8) is 0 Å². The molecule has 0 aliphatic carbocycles. The number of methoxy groups -OCH3 is 2. The summed E-state index contributed by atoms with van der Waals surface area (Å²) in [7, 11) is 5.15. The molecule has 1 aliphatic heterocycles. The van der Waals surface area contributed by atoms with Crippen LogP contribution >= 0.6 is 0 Å². The maximum Gasteiger partial charge on any atom is 0.191 e. The van der Waals surface area contributed by atoms with E-state index in [0.29, 0.717) is 18.5 Å². The number of nitrogens with zero attached hydrogens (tertiary/aromatic N) is 2. The number of nitrogens with one attached hydrogen (secondary N) is 2. The van der Waals surface area contributed by atoms with Gasteiger partial charge in [-0.05, 0) is 50.4 Å². The minimum atomic E-state index is 0.557. The zero-order chi connectivity index (χ0) is 19.6. The molecule has 1 unspecified atom stereocenters. The van der Waals surface area contributed by atoms with Gasteiger partial charge in [-0.3, -0.25) is 9.89 Å². The lowest BCUT2D eigenvalue weighted by Gasteiger charge is -2.29.